The molecule has 1 aromatic carbocycles. The summed E-state index contributed by atoms with van der Waals surface area (Å²) in [4.78, 5) is 0. The Labute approximate surface area is 105 Å². The van der Waals surface area contributed by atoms with E-state index in [1.165, 1.54) is 18.4 Å². The highest BCUT2D eigenvalue weighted by Crippen LogP contribution is 2.44. The highest BCUT2D eigenvalue weighted by Gasteiger charge is 2.26. The predicted molar refractivity (Wildman–Crippen MR) is 68.1 cm³/mol. The molecule has 1 aliphatic carbocycles. The lowest BCUT2D eigenvalue weighted by molar-refractivity contribution is 0.172. The van der Waals surface area contributed by atoms with Crippen molar-refractivity contribution >= 4 is 15.9 Å². The molecule has 0 saturated heterocycles. The van der Waals surface area contributed by atoms with Crippen LogP contribution in [0.2, 0.25) is 0 Å². The molecule has 0 amide bonds. The SMILES string of the molecule is COCCCOc1cc(Br)ccc1C1CC1. The molecule has 0 N–H and O–H groups in total. The Balaban J connectivity index is 1.97. The fourth-order valence-electron chi connectivity index (χ4n) is 1.75. The minimum Gasteiger partial charge on any atom is -0.493 e. The van der Waals surface area contributed by atoms with Gasteiger partial charge in [0.2, 0.25) is 0 Å². The van der Waals surface area contributed by atoms with Crippen molar-refractivity contribution in [2.24, 2.45) is 0 Å². The van der Waals surface area contributed by atoms with E-state index < -0.39 is 0 Å². The zero-order chi connectivity index (χ0) is 11.4. The van der Waals surface area contributed by atoms with Crippen LogP contribution in [0.5, 0.6) is 5.75 Å². The van der Waals surface area contributed by atoms with Crippen molar-refractivity contribution in [3.05, 3.63) is 28.2 Å². The molecule has 1 fully saturated rings. The number of ether oxygens (including phenoxy) is 2. The summed E-state index contributed by atoms with van der Waals surface area (Å²) < 4.78 is 11.9. The molecule has 3 heteroatoms. The summed E-state index contributed by atoms with van der Waals surface area (Å²) in [5.41, 5.74) is 1.36. The summed E-state index contributed by atoms with van der Waals surface area (Å²) in [6.07, 6.45) is 3.54. The lowest BCUT2D eigenvalue weighted by Gasteiger charge is -2.11. The molecule has 0 aliphatic heterocycles. The van der Waals surface area contributed by atoms with Crippen molar-refractivity contribution in [3.8, 4) is 5.75 Å². The van der Waals surface area contributed by atoms with Gasteiger partial charge in [-0.25, -0.2) is 0 Å². The Morgan fingerprint density at radius 2 is 2.12 bits per heavy atom. The van der Waals surface area contributed by atoms with Crippen LogP contribution in [0.1, 0.15) is 30.7 Å². The van der Waals surface area contributed by atoms with Gasteiger partial charge in [-0.2, -0.15) is 0 Å². The normalized spacial score (nSPS) is 15.1. The molecule has 0 heterocycles. The molecule has 1 aliphatic rings. The smallest absolute Gasteiger partial charge is 0.123 e. The standard InChI is InChI=1S/C13H17BrO2/c1-15-7-2-8-16-13-9-11(14)5-6-12(13)10-3-4-10/h5-6,9-10H,2-4,7-8H2,1H3. The van der Waals surface area contributed by atoms with Gasteiger partial charge in [-0.3, -0.25) is 0 Å². The molecule has 0 bridgehead atoms. The highest BCUT2D eigenvalue weighted by atomic mass is 79.9. The van der Waals surface area contributed by atoms with Gasteiger partial charge in [0.15, 0.2) is 0 Å². The van der Waals surface area contributed by atoms with Crippen LogP contribution in [0, 0.1) is 0 Å². The number of benzene rings is 1. The van der Waals surface area contributed by atoms with E-state index in [4.69, 9.17) is 9.47 Å². The second kappa shape index (κ2) is 5.69. The number of methoxy groups -OCH3 is 1. The molecule has 2 nitrogen and oxygen atoms in total. The first-order valence-electron chi connectivity index (χ1n) is 5.72. The second-order valence-electron chi connectivity index (χ2n) is 4.15. The number of hydrogen-bond donors (Lipinski definition) is 0. The quantitative estimate of drug-likeness (QED) is 0.741. The number of halogens is 1. The van der Waals surface area contributed by atoms with E-state index in [0.717, 1.165) is 35.8 Å². The van der Waals surface area contributed by atoms with Crippen LogP contribution in [-0.4, -0.2) is 20.3 Å². The van der Waals surface area contributed by atoms with Gasteiger partial charge in [-0.15, -0.1) is 0 Å². The van der Waals surface area contributed by atoms with Crippen molar-refractivity contribution < 1.29 is 9.47 Å². The minimum atomic E-state index is 0.726. The fourth-order valence-corrected chi connectivity index (χ4v) is 2.09. The maximum Gasteiger partial charge on any atom is 0.123 e. The summed E-state index contributed by atoms with van der Waals surface area (Å²) in [5.74, 6) is 1.76. The maximum absolute atomic E-state index is 5.81. The lowest BCUT2D eigenvalue weighted by atomic mass is 10.1. The molecule has 0 radical (unpaired) electrons. The van der Waals surface area contributed by atoms with Gasteiger partial charge in [-0.1, -0.05) is 22.0 Å². The molecule has 2 rings (SSSR count). The third kappa shape index (κ3) is 3.22. The van der Waals surface area contributed by atoms with Gasteiger partial charge in [-0.05, 0) is 36.5 Å². The van der Waals surface area contributed by atoms with E-state index in [2.05, 4.69) is 34.1 Å². The van der Waals surface area contributed by atoms with Gasteiger partial charge in [0.25, 0.3) is 0 Å². The zero-order valence-electron chi connectivity index (χ0n) is 9.54. The van der Waals surface area contributed by atoms with Crippen molar-refractivity contribution in [1.82, 2.24) is 0 Å². The van der Waals surface area contributed by atoms with Gasteiger partial charge >= 0.3 is 0 Å². The van der Waals surface area contributed by atoms with Crippen LogP contribution >= 0.6 is 15.9 Å². The van der Waals surface area contributed by atoms with Crippen LogP contribution in [0.25, 0.3) is 0 Å². The molecular formula is C13H17BrO2. The maximum atomic E-state index is 5.81. The first-order chi connectivity index (χ1) is 7.81. The van der Waals surface area contributed by atoms with Crippen LogP contribution in [0.15, 0.2) is 22.7 Å². The predicted octanol–water partition coefficient (Wildman–Crippen LogP) is 3.74. The first kappa shape index (κ1) is 11.9. The Bertz CT molecular complexity index is 348. The number of rotatable bonds is 6. The third-order valence-electron chi connectivity index (χ3n) is 2.74. The van der Waals surface area contributed by atoms with Crippen molar-refractivity contribution in [2.45, 2.75) is 25.2 Å². The molecule has 1 saturated carbocycles. The molecule has 0 aromatic heterocycles. The van der Waals surface area contributed by atoms with E-state index in [0.29, 0.717) is 0 Å². The topological polar surface area (TPSA) is 18.5 Å². The summed E-state index contributed by atoms with van der Waals surface area (Å²) in [5, 5.41) is 0. The summed E-state index contributed by atoms with van der Waals surface area (Å²) in [6.45, 7) is 1.48. The summed E-state index contributed by atoms with van der Waals surface area (Å²) in [7, 11) is 1.72. The van der Waals surface area contributed by atoms with Crippen LogP contribution < -0.4 is 4.74 Å². The van der Waals surface area contributed by atoms with Crippen LogP contribution in [-0.2, 0) is 4.74 Å². The molecule has 1 aromatic rings. The Morgan fingerprint density at radius 1 is 1.31 bits per heavy atom. The van der Waals surface area contributed by atoms with E-state index in [-0.39, 0.29) is 0 Å². The van der Waals surface area contributed by atoms with Gasteiger partial charge in [0, 0.05) is 24.6 Å². The van der Waals surface area contributed by atoms with Gasteiger partial charge in [0.05, 0.1) is 6.61 Å². The Morgan fingerprint density at radius 3 is 2.81 bits per heavy atom. The zero-order valence-corrected chi connectivity index (χ0v) is 11.1. The average Bonchev–Trinajstić information content (AvgIpc) is 3.08. The average molecular weight is 285 g/mol. The van der Waals surface area contributed by atoms with Crippen molar-refractivity contribution in [3.63, 3.8) is 0 Å². The second-order valence-corrected chi connectivity index (χ2v) is 5.07. The third-order valence-corrected chi connectivity index (χ3v) is 3.24. The number of hydrogen-bond acceptors (Lipinski definition) is 2. The van der Waals surface area contributed by atoms with Gasteiger partial charge in [0.1, 0.15) is 5.75 Å². The Hall–Kier alpha value is -0.540. The largest absolute Gasteiger partial charge is 0.493 e. The summed E-state index contributed by atoms with van der Waals surface area (Å²) >= 11 is 3.48. The van der Waals surface area contributed by atoms with E-state index in [9.17, 15) is 0 Å². The van der Waals surface area contributed by atoms with Crippen molar-refractivity contribution in [2.75, 3.05) is 20.3 Å². The fraction of sp³-hybridized carbons (Fsp3) is 0.538. The van der Waals surface area contributed by atoms with E-state index >= 15 is 0 Å². The molecule has 0 spiro atoms. The highest BCUT2D eigenvalue weighted by molar-refractivity contribution is 9.10. The molecule has 88 valence electrons. The molecule has 16 heavy (non-hydrogen) atoms. The first-order valence-corrected chi connectivity index (χ1v) is 6.51. The van der Waals surface area contributed by atoms with Crippen LogP contribution in [0.4, 0.5) is 0 Å². The minimum absolute atomic E-state index is 0.726. The van der Waals surface area contributed by atoms with E-state index in [1.807, 2.05) is 0 Å². The van der Waals surface area contributed by atoms with E-state index in [1.54, 1.807) is 7.11 Å². The Kier molecular flexibility index (Phi) is 4.24. The van der Waals surface area contributed by atoms with Crippen molar-refractivity contribution in [1.29, 1.82) is 0 Å². The lowest BCUT2D eigenvalue weighted by Crippen LogP contribution is -2.03. The molecule has 0 unspecified atom stereocenters. The summed E-state index contributed by atoms with van der Waals surface area (Å²) in [6, 6.07) is 6.34. The monoisotopic (exact) mass is 284 g/mol. The van der Waals surface area contributed by atoms with Crippen LogP contribution in [0.3, 0.4) is 0 Å². The van der Waals surface area contributed by atoms with Gasteiger partial charge < -0.3 is 9.47 Å². The molecule has 0 atom stereocenters. The molecular weight excluding hydrogens is 268 g/mol.